The monoisotopic (exact) mass is 233 g/mol. The lowest BCUT2D eigenvalue weighted by Crippen LogP contribution is -2.02. The summed E-state index contributed by atoms with van der Waals surface area (Å²) in [6.45, 7) is 0. The molecule has 0 spiro atoms. The minimum absolute atomic E-state index is 0.0861. The smallest absolute Gasteiger partial charge is 0.358 e. The number of ether oxygens (including phenoxy) is 1. The Labute approximate surface area is 97.4 Å². The quantitative estimate of drug-likeness (QED) is 0.861. The van der Waals surface area contributed by atoms with Gasteiger partial charge in [0.25, 0.3) is 0 Å². The molecule has 2 aromatic rings. The second-order valence-corrected chi connectivity index (χ2v) is 3.42. The van der Waals surface area contributed by atoms with Gasteiger partial charge in [0.2, 0.25) is 0 Å². The summed E-state index contributed by atoms with van der Waals surface area (Å²) in [6, 6.07) is 7.14. The zero-order valence-electron chi connectivity index (χ0n) is 9.41. The molecule has 0 aliphatic rings. The van der Waals surface area contributed by atoms with Crippen molar-refractivity contribution in [2.24, 2.45) is 7.05 Å². The van der Waals surface area contributed by atoms with Crippen LogP contribution in [0.4, 0.5) is 0 Å². The van der Waals surface area contributed by atoms with Crippen LogP contribution in [0.2, 0.25) is 0 Å². The Hall–Kier alpha value is -2.37. The number of carbonyl (C=O) groups is 1. The average Bonchev–Trinajstić information content (AvgIpc) is 2.71. The van der Waals surface area contributed by atoms with Crippen molar-refractivity contribution >= 4 is 5.97 Å². The lowest BCUT2D eigenvalue weighted by atomic mass is 10.1. The van der Waals surface area contributed by atoms with Crippen molar-refractivity contribution in [3.8, 4) is 17.0 Å². The zero-order valence-corrected chi connectivity index (χ0v) is 9.41. The average molecular weight is 233 g/mol. The Morgan fingerprint density at radius 2 is 2.12 bits per heavy atom. The molecule has 88 valence electrons. The number of hydrogen-bond donors (Lipinski definition) is 1. The van der Waals surface area contributed by atoms with E-state index in [1.54, 1.807) is 25.2 Å². The molecule has 0 aliphatic carbocycles. The number of para-hydroxylation sites is 1. The first-order valence-corrected chi connectivity index (χ1v) is 4.91. The van der Waals surface area contributed by atoms with Crippen LogP contribution in [0.3, 0.4) is 0 Å². The maximum atomic E-state index is 11.1. The van der Waals surface area contributed by atoms with Crippen LogP contribution < -0.4 is 4.74 Å². The van der Waals surface area contributed by atoms with Gasteiger partial charge in [-0.2, -0.15) is 0 Å². The van der Waals surface area contributed by atoms with Crippen LogP contribution in [0, 0.1) is 0 Å². The molecule has 0 atom stereocenters. The summed E-state index contributed by atoms with van der Waals surface area (Å²) in [5.74, 6) is -0.528. The van der Waals surface area contributed by atoms with Crippen LogP contribution >= 0.6 is 0 Å². The number of rotatable bonds is 3. The summed E-state index contributed by atoms with van der Waals surface area (Å²) >= 11 is 0. The molecule has 2 rings (SSSR count). The predicted octanol–water partition coefficient (Wildman–Crippen LogP) is 1.19. The molecule has 1 heterocycles. The molecule has 6 nitrogen and oxygen atoms in total. The molecule has 1 aromatic heterocycles. The molecule has 0 fully saturated rings. The summed E-state index contributed by atoms with van der Waals surface area (Å²) in [5, 5.41) is 16.4. The number of nitrogens with zero attached hydrogens (tertiary/aromatic N) is 3. The summed E-state index contributed by atoms with van der Waals surface area (Å²) in [6.07, 6.45) is 0. The van der Waals surface area contributed by atoms with Crippen molar-refractivity contribution < 1.29 is 14.6 Å². The predicted molar refractivity (Wildman–Crippen MR) is 60.0 cm³/mol. The minimum atomic E-state index is -1.11. The Morgan fingerprint density at radius 3 is 2.76 bits per heavy atom. The molecule has 17 heavy (non-hydrogen) atoms. The van der Waals surface area contributed by atoms with E-state index >= 15 is 0 Å². The first kappa shape index (κ1) is 11.1. The molecule has 6 heteroatoms. The fourth-order valence-electron chi connectivity index (χ4n) is 1.64. The van der Waals surface area contributed by atoms with E-state index in [9.17, 15) is 4.79 Å². The molecular weight excluding hydrogens is 222 g/mol. The molecule has 0 radical (unpaired) electrons. The summed E-state index contributed by atoms with van der Waals surface area (Å²) in [7, 11) is 3.17. The van der Waals surface area contributed by atoms with Crippen LogP contribution in [-0.4, -0.2) is 33.2 Å². The van der Waals surface area contributed by atoms with Crippen molar-refractivity contribution in [1.29, 1.82) is 0 Å². The van der Waals surface area contributed by atoms with E-state index in [2.05, 4.69) is 10.3 Å². The van der Waals surface area contributed by atoms with E-state index in [1.807, 2.05) is 6.07 Å². The number of aromatic nitrogens is 3. The zero-order chi connectivity index (χ0) is 12.4. The highest BCUT2D eigenvalue weighted by Crippen LogP contribution is 2.30. The van der Waals surface area contributed by atoms with Crippen molar-refractivity contribution in [2.45, 2.75) is 0 Å². The first-order chi connectivity index (χ1) is 8.15. The summed E-state index contributed by atoms with van der Waals surface area (Å²) < 4.78 is 6.62. The number of hydrogen-bond acceptors (Lipinski definition) is 4. The third-order valence-electron chi connectivity index (χ3n) is 2.39. The van der Waals surface area contributed by atoms with E-state index in [0.29, 0.717) is 17.0 Å². The second kappa shape index (κ2) is 4.25. The highest BCUT2D eigenvalue weighted by molar-refractivity contribution is 5.93. The first-order valence-electron chi connectivity index (χ1n) is 4.91. The van der Waals surface area contributed by atoms with Gasteiger partial charge < -0.3 is 9.84 Å². The largest absolute Gasteiger partial charge is 0.496 e. The molecule has 0 unspecified atom stereocenters. The van der Waals surface area contributed by atoms with Gasteiger partial charge in [-0.25, -0.2) is 9.48 Å². The van der Waals surface area contributed by atoms with E-state index in [1.165, 1.54) is 11.8 Å². The maximum Gasteiger partial charge on any atom is 0.358 e. The summed E-state index contributed by atoms with van der Waals surface area (Å²) in [4.78, 5) is 11.1. The number of aryl methyl sites for hydroxylation is 1. The number of methoxy groups -OCH3 is 1. The highest BCUT2D eigenvalue weighted by Gasteiger charge is 2.21. The molecule has 0 aliphatic heterocycles. The summed E-state index contributed by atoms with van der Waals surface area (Å²) in [5.41, 5.74) is 0.992. The van der Waals surface area contributed by atoms with Gasteiger partial charge in [-0.15, -0.1) is 5.10 Å². The number of benzene rings is 1. The Kier molecular flexibility index (Phi) is 2.78. The SMILES string of the molecule is COc1ccccc1-c1c(C(=O)O)nnn1C. The van der Waals surface area contributed by atoms with Gasteiger partial charge in [-0.3, -0.25) is 0 Å². The Balaban J connectivity index is 2.67. The third-order valence-corrected chi connectivity index (χ3v) is 2.39. The molecule has 0 saturated carbocycles. The standard InChI is InChI=1S/C11H11N3O3/c1-14-10(9(11(15)16)12-13-14)7-5-3-4-6-8(7)17-2/h3-6H,1-2H3,(H,15,16). The maximum absolute atomic E-state index is 11.1. The number of carboxylic acids is 1. The minimum Gasteiger partial charge on any atom is -0.496 e. The van der Waals surface area contributed by atoms with Gasteiger partial charge in [-0.1, -0.05) is 17.3 Å². The normalized spacial score (nSPS) is 10.2. The lowest BCUT2D eigenvalue weighted by Gasteiger charge is -2.08. The van der Waals surface area contributed by atoms with Gasteiger partial charge in [0, 0.05) is 12.6 Å². The Morgan fingerprint density at radius 1 is 1.41 bits per heavy atom. The van der Waals surface area contributed by atoms with Crippen LogP contribution in [0.1, 0.15) is 10.5 Å². The van der Waals surface area contributed by atoms with E-state index in [4.69, 9.17) is 9.84 Å². The molecule has 0 bridgehead atoms. The van der Waals surface area contributed by atoms with Crippen LogP contribution in [0.5, 0.6) is 5.75 Å². The van der Waals surface area contributed by atoms with Gasteiger partial charge in [0.1, 0.15) is 11.4 Å². The Bertz CT molecular complexity index is 563. The molecular formula is C11H11N3O3. The van der Waals surface area contributed by atoms with Crippen LogP contribution in [-0.2, 0) is 7.05 Å². The molecule has 1 aromatic carbocycles. The van der Waals surface area contributed by atoms with Crippen molar-refractivity contribution in [3.63, 3.8) is 0 Å². The van der Waals surface area contributed by atoms with Gasteiger partial charge in [0.05, 0.1) is 7.11 Å². The molecule has 0 amide bonds. The van der Waals surface area contributed by atoms with Gasteiger partial charge in [-0.05, 0) is 12.1 Å². The lowest BCUT2D eigenvalue weighted by molar-refractivity contribution is 0.0691. The molecule has 1 N–H and O–H groups in total. The number of carboxylic acid groups (broad SMARTS) is 1. The van der Waals surface area contributed by atoms with Gasteiger partial charge >= 0.3 is 5.97 Å². The third kappa shape index (κ3) is 1.84. The number of aromatic carboxylic acids is 1. The van der Waals surface area contributed by atoms with E-state index in [0.717, 1.165) is 0 Å². The van der Waals surface area contributed by atoms with Crippen molar-refractivity contribution in [1.82, 2.24) is 15.0 Å². The van der Waals surface area contributed by atoms with Crippen LogP contribution in [0.25, 0.3) is 11.3 Å². The van der Waals surface area contributed by atoms with Crippen LogP contribution in [0.15, 0.2) is 24.3 Å². The molecule has 0 saturated heterocycles. The topological polar surface area (TPSA) is 77.2 Å². The van der Waals surface area contributed by atoms with E-state index in [-0.39, 0.29) is 5.69 Å². The van der Waals surface area contributed by atoms with E-state index < -0.39 is 5.97 Å². The van der Waals surface area contributed by atoms with Gasteiger partial charge in [0.15, 0.2) is 5.69 Å². The fraction of sp³-hybridized carbons (Fsp3) is 0.182. The highest BCUT2D eigenvalue weighted by atomic mass is 16.5. The van der Waals surface area contributed by atoms with Crippen molar-refractivity contribution in [2.75, 3.05) is 7.11 Å². The fourth-order valence-corrected chi connectivity index (χ4v) is 1.64. The second-order valence-electron chi connectivity index (χ2n) is 3.42. The van der Waals surface area contributed by atoms with Crippen molar-refractivity contribution in [3.05, 3.63) is 30.0 Å².